The van der Waals surface area contributed by atoms with Gasteiger partial charge in [-0.25, -0.2) is 0 Å². The molecule has 9 heteroatoms. The van der Waals surface area contributed by atoms with Crippen molar-refractivity contribution in [3.8, 4) is 0 Å². The summed E-state index contributed by atoms with van der Waals surface area (Å²) in [6.07, 6.45) is 1.12. The molecule has 0 aromatic carbocycles. The van der Waals surface area contributed by atoms with Crippen LogP contribution in [0.1, 0.15) is 27.2 Å². The molecule has 0 atom stereocenters. The minimum absolute atomic E-state index is 0.862. The van der Waals surface area contributed by atoms with E-state index in [2.05, 4.69) is 27.8 Å². The zero-order chi connectivity index (χ0) is 15.2. The normalized spacial score (nSPS) is 16.3. The molecule has 0 heterocycles. The van der Waals surface area contributed by atoms with Gasteiger partial charge in [-0.15, -0.1) is 0 Å². The van der Waals surface area contributed by atoms with Crippen molar-refractivity contribution in [3.05, 3.63) is 0 Å². The molecule has 0 aromatic rings. The van der Waals surface area contributed by atoms with Crippen LogP contribution in [0.4, 0.5) is 25.2 Å². The van der Waals surface area contributed by atoms with Gasteiger partial charge in [-0.05, 0) is 20.3 Å². The standard InChI is InChI=1S/C9H22NO.F6P/c1-5-8-11-9-10(4,6-2)7-3;1-7(2,3,4,5)6/h5-9H2,1-4H3;/q+1;-1. The summed E-state index contributed by atoms with van der Waals surface area (Å²) in [6, 6.07) is 0. The Balaban J connectivity index is 0. The average Bonchev–Trinajstić information content (AvgIpc) is 2.13. The van der Waals surface area contributed by atoms with Gasteiger partial charge in [0.05, 0.1) is 26.7 Å². The van der Waals surface area contributed by atoms with Crippen molar-refractivity contribution in [3.63, 3.8) is 0 Å². The van der Waals surface area contributed by atoms with E-state index in [1.54, 1.807) is 0 Å². The first kappa shape index (κ1) is 20.3. The summed E-state index contributed by atoms with van der Waals surface area (Å²) in [6.45, 7) is 10.6. The predicted octanol–water partition coefficient (Wildman–Crippen LogP) is 5.24. The first-order chi connectivity index (χ1) is 7.63. The zero-order valence-corrected chi connectivity index (χ0v) is 12.0. The predicted molar refractivity (Wildman–Crippen MR) is 61.9 cm³/mol. The number of quaternary nitrogens is 1. The molecule has 0 rings (SSSR count). The Morgan fingerprint density at radius 2 is 1.22 bits per heavy atom. The Bertz CT molecular complexity index is 223. The average molecular weight is 305 g/mol. The van der Waals surface area contributed by atoms with Crippen LogP contribution >= 0.6 is 7.81 Å². The molecule has 0 spiro atoms. The second-order valence-corrected chi connectivity index (χ2v) is 6.16. The summed E-state index contributed by atoms with van der Waals surface area (Å²) >= 11 is 0. The topological polar surface area (TPSA) is 9.23 Å². The molecule has 0 aliphatic rings. The van der Waals surface area contributed by atoms with E-state index in [1.165, 1.54) is 0 Å². The van der Waals surface area contributed by atoms with Crippen LogP contribution in [0.2, 0.25) is 0 Å². The number of hydrogen-bond acceptors (Lipinski definition) is 1. The van der Waals surface area contributed by atoms with E-state index in [0.29, 0.717) is 0 Å². The fourth-order valence-electron chi connectivity index (χ4n) is 0.835. The summed E-state index contributed by atoms with van der Waals surface area (Å²) in [4.78, 5) is 0. The second kappa shape index (κ2) is 5.92. The molecule has 0 aliphatic carbocycles. The van der Waals surface area contributed by atoms with E-state index in [0.717, 1.165) is 37.3 Å². The quantitative estimate of drug-likeness (QED) is 0.214. The van der Waals surface area contributed by atoms with E-state index < -0.39 is 7.81 Å². The third kappa shape index (κ3) is 24.9. The third-order valence-corrected chi connectivity index (χ3v) is 2.28. The van der Waals surface area contributed by atoms with Gasteiger partial charge in [0.2, 0.25) is 0 Å². The molecule has 0 fully saturated rings. The van der Waals surface area contributed by atoms with Crippen molar-refractivity contribution in [1.29, 1.82) is 0 Å². The van der Waals surface area contributed by atoms with Crippen molar-refractivity contribution in [1.82, 2.24) is 0 Å². The first-order valence-corrected chi connectivity index (χ1v) is 7.64. The van der Waals surface area contributed by atoms with E-state index in [4.69, 9.17) is 4.74 Å². The molecule has 18 heavy (non-hydrogen) atoms. The van der Waals surface area contributed by atoms with Crippen molar-refractivity contribution < 1.29 is 34.4 Å². The van der Waals surface area contributed by atoms with E-state index >= 15 is 0 Å². The third-order valence-electron chi connectivity index (χ3n) is 2.28. The monoisotopic (exact) mass is 305 g/mol. The van der Waals surface area contributed by atoms with E-state index in [1.807, 2.05) is 0 Å². The molecule has 0 unspecified atom stereocenters. The van der Waals surface area contributed by atoms with Crippen LogP contribution in [0.15, 0.2) is 0 Å². The number of nitrogens with zero attached hydrogens (tertiary/aromatic N) is 1. The molecule has 0 saturated carbocycles. The Labute approximate surface area is 104 Å². The zero-order valence-electron chi connectivity index (χ0n) is 11.1. The summed E-state index contributed by atoms with van der Waals surface area (Å²) in [5.74, 6) is 0. The molecule has 0 radical (unpaired) electrons. The van der Waals surface area contributed by atoms with Crippen molar-refractivity contribution in [2.75, 3.05) is 33.5 Å². The maximum atomic E-state index is 9.87. The van der Waals surface area contributed by atoms with Gasteiger partial charge < -0.3 is 9.22 Å². The summed E-state index contributed by atoms with van der Waals surface area (Å²) in [7, 11) is -8.43. The van der Waals surface area contributed by atoms with Gasteiger partial charge in [-0.1, -0.05) is 6.92 Å². The van der Waals surface area contributed by atoms with Crippen LogP contribution in [0, 0.1) is 0 Å². The molecular formula is C9H22F6NOP. The van der Waals surface area contributed by atoms with E-state index in [-0.39, 0.29) is 0 Å². The fraction of sp³-hybridized carbons (Fsp3) is 1.00. The molecule has 0 aromatic heterocycles. The molecule has 0 amide bonds. The molecular weight excluding hydrogens is 283 g/mol. The van der Waals surface area contributed by atoms with Gasteiger partial charge in [-0.2, -0.15) is 0 Å². The Morgan fingerprint density at radius 1 is 0.889 bits per heavy atom. The molecule has 0 N–H and O–H groups in total. The van der Waals surface area contributed by atoms with Crippen LogP contribution < -0.4 is 0 Å². The SMILES string of the molecule is CCCOC[N+](C)(CC)CC.F[P-](F)(F)(F)(F)F. The molecule has 2 nitrogen and oxygen atoms in total. The van der Waals surface area contributed by atoms with Gasteiger partial charge in [0, 0.05) is 0 Å². The minimum atomic E-state index is -10.7. The van der Waals surface area contributed by atoms with Crippen LogP contribution in [-0.2, 0) is 4.74 Å². The molecule has 0 aliphatic heterocycles. The molecule has 0 saturated heterocycles. The van der Waals surface area contributed by atoms with Gasteiger partial charge in [0.1, 0.15) is 0 Å². The summed E-state index contributed by atoms with van der Waals surface area (Å²) < 4.78 is 65.7. The number of hydrogen-bond donors (Lipinski definition) is 0. The number of halogens is 6. The first-order valence-electron chi connectivity index (χ1n) is 5.61. The Hall–Kier alpha value is -0.0700. The van der Waals surface area contributed by atoms with Crippen LogP contribution in [0.3, 0.4) is 0 Å². The number of ether oxygens (including phenoxy) is 1. The maximum absolute atomic E-state index is 10.7. The van der Waals surface area contributed by atoms with Crippen LogP contribution in [-0.4, -0.2) is 38.0 Å². The molecule has 116 valence electrons. The van der Waals surface area contributed by atoms with Crippen LogP contribution in [0.5, 0.6) is 0 Å². The number of rotatable bonds is 6. The fourth-order valence-corrected chi connectivity index (χ4v) is 0.835. The van der Waals surface area contributed by atoms with Gasteiger partial charge >= 0.3 is 33.0 Å². The van der Waals surface area contributed by atoms with Crippen LogP contribution in [0.25, 0.3) is 0 Å². The van der Waals surface area contributed by atoms with Gasteiger partial charge in [-0.3, -0.25) is 0 Å². The Kier molecular flexibility index (Phi) is 6.67. The summed E-state index contributed by atoms with van der Waals surface area (Å²) in [5, 5.41) is 0. The van der Waals surface area contributed by atoms with Gasteiger partial charge in [0.25, 0.3) is 0 Å². The van der Waals surface area contributed by atoms with Crippen molar-refractivity contribution >= 4 is 7.81 Å². The Morgan fingerprint density at radius 3 is 1.44 bits per heavy atom. The second-order valence-electron chi connectivity index (χ2n) is 4.25. The molecule has 0 bridgehead atoms. The van der Waals surface area contributed by atoms with Gasteiger partial charge in [0.15, 0.2) is 6.73 Å². The van der Waals surface area contributed by atoms with Crippen molar-refractivity contribution in [2.24, 2.45) is 0 Å². The van der Waals surface area contributed by atoms with Crippen molar-refractivity contribution in [2.45, 2.75) is 27.2 Å². The van der Waals surface area contributed by atoms with E-state index in [9.17, 15) is 25.2 Å². The summed E-state index contributed by atoms with van der Waals surface area (Å²) in [5.41, 5.74) is 0.